The van der Waals surface area contributed by atoms with E-state index in [1.54, 1.807) is 18.2 Å². The summed E-state index contributed by atoms with van der Waals surface area (Å²) < 4.78 is 22.9. The predicted molar refractivity (Wildman–Crippen MR) is 98.7 cm³/mol. The maximum atomic E-state index is 12.5. The van der Waals surface area contributed by atoms with Crippen LogP contribution in [-0.2, 0) is 10.0 Å². The Balaban J connectivity index is 1.87. The first-order chi connectivity index (χ1) is 12.2. The molecule has 0 aromatic heterocycles. The van der Waals surface area contributed by atoms with Crippen LogP contribution in [0, 0.1) is 5.92 Å². The Kier molecular flexibility index (Phi) is 4.68. The number of sulfonamides is 1. The minimum absolute atomic E-state index is 0.0740. The fraction of sp³-hybridized carbons (Fsp3) is 0.263. The quantitative estimate of drug-likeness (QED) is 0.803. The van der Waals surface area contributed by atoms with Crippen molar-refractivity contribution in [2.45, 2.75) is 31.2 Å². The van der Waals surface area contributed by atoms with E-state index in [4.69, 9.17) is 5.14 Å². The molecule has 0 spiro atoms. The van der Waals surface area contributed by atoms with Crippen molar-refractivity contribution in [3.8, 4) is 0 Å². The van der Waals surface area contributed by atoms with Gasteiger partial charge in [0.2, 0.25) is 10.0 Å². The molecule has 0 radical (unpaired) electrons. The summed E-state index contributed by atoms with van der Waals surface area (Å²) in [5.41, 5.74) is 2.42. The Labute approximate surface area is 152 Å². The maximum absolute atomic E-state index is 12.5. The van der Waals surface area contributed by atoms with Crippen LogP contribution in [0.5, 0.6) is 0 Å². The number of nitrogens with two attached hydrogens (primary N) is 1. The summed E-state index contributed by atoms with van der Waals surface area (Å²) in [5.74, 6) is -0.156. The number of benzene rings is 2. The monoisotopic (exact) mass is 372 g/mol. The molecule has 0 saturated heterocycles. The van der Waals surface area contributed by atoms with Crippen molar-refractivity contribution in [2.75, 3.05) is 5.32 Å². The second-order valence-corrected chi connectivity index (χ2v) is 8.28. The molecule has 3 N–H and O–H groups in total. The molecule has 1 unspecified atom stereocenters. The smallest absolute Gasteiger partial charge is 0.238 e. The lowest BCUT2D eigenvalue weighted by atomic mass is 9.91. The first kappa shape index (κ1) is 18.3. The second-order valence-electron chi connectivity index (χ2n) is 6.72. The standard InChI is InChI=1S/C19H20N2O4S/c1-11(2)19(23)13-5-3-12(4-6-13)17-10-18(22)15-9-14(26(20,24)25)7-8-16(15)21-17/h3-9,11,17,21H,10H2,1-2H3,(H2,20,24,25). The van der Waals surface area contributed by atoms with E-state index in [9.17, 15) is 18.0 Å². The fourth-order valence-corrected chi connectivity index (χ4v) is 3.55. The third-order valence-corrected chi connectivity index (χ3v) is 5.37. The first-order valence-electron chi connectivity index (χ1n) is 8.27. The highest BCUT2D eigenvalue weighted by Gasteiger charge is 2.27. The van der Waals surface area contributed by atoms with Crippen LogP contribution in [-0.4, -0.2) is 20.0 Å². The number of rotatable bonds is 4. The third kappa shape index (κ3) is 3.54. The van der Waals surface area contributed by atoms with Gasteiger partial charge < -0.3 is 5.32 Å². The van der Waals surface area contributed by atoms with Gasteiger partial charge in [0.05, 0.1) is 10.9 Å². The van der Waals surface area contributed by atoms with E-state index < -0.39 is 10.0 Å². The van der Waals surface area contributed by atoms with Gasteiger partial charge in [-0.15, -0.1) is 0 Å². The Morgan fingerprint density at radius 1 is 1.15 bits per heavy atom. The molecule has 1 aliphatic rings. The molecule has 3 rings (SSSR count). The molecule has 1 heterocycles. The van der Waals surface area contributed by atoms with E-state index in [2.05, 4.69) is 5.32 Å². The normalized spacial score (nSPS) is 16.9. The van der Waals surface area contributed by atoms with E-state index in [0.717, 1.165) is 5.56 Å². The van der Waals surface area contributed by atoms with E-state index in [0.29, 0.717) is 16.8 Å². The van der Waals surface area contributed by atoms with Gasteiger partial charge in [-0.3, -0.25) is 9.59 Å². The van der Waals surface area contributed by atoms with Gasteiger partial charge in [0, 0.05) is 29.2 Å². The van der Waals surface area contributed by atoms with Gasteiger partial charge >= 0.3 is 0 Å². The zero-order valence-corrected chi connectivity index (χ0v) is 15.3. The predicted octanol–water partition coefficient (Wildman–Crippen LogP) is 2.91. The topological polar surface area (TPSA) is 106 Å². The molecule has 0 aliphatic carbocycles. The van der Waals surface area contributed by atoms with Gasteiger partial charge in [-0.1, -0.05) is 38.1 Å². The van der Waals surface area contributed by atoms with Crippen molar-refractivity contribution in [1.29, 1.82) is 0 Å². The average Bonchev–Trinajstić information content (AvgIpc) is 2.60. The number of hydrogen-bond acceptors (Lipinski definition) is 5. The minimum atomic E-state index is -3.86. The van der Waals surface area contributed by atoms with E-state index in [1.165, 1.54) is 12.1 Å². The summed E-state index contributed by atoms with van der Waals surface area (Å²) in [4.78, 5) is 24.4. The molecule has 26 heavy (non-hydrogen) atoms. The summed E-state index contributed by atoms with van der Waals surface area (Å²) in [7, 11) is -3.86. The van der Waals surface area contributed by atoms with Crippen LogP contribution in [0.3, 0.4) is 0 Å². The lowest BCUT2D eigenvalue weighted by molar-refractivity contribution is 0.0937. The number of Topliss-reactive ketones (excluding diaryl/α,β-unsaturated/α-hetero) is 2. The van der Waals surface area contributed by atoms with Crippen LogP contribution in [0.25, 0.3) is 0 Å². The molecule has 0 bridgehead atoms. The van der Waals surface area contributed by atoms with Gasteiger partial charge in [-0.25, -0.2) is 13.6 Å². The van der Waals surface area contributed by atoms with Crippen LogP contribution in [0.2, 0.25) is 0 Å². The van der Waals surface area contributed by atoms with Crippen molar-refractivity contribution in [1.82, 2.24) is 0 Å². The van der Waals surface area contributed by atoms with Crippen molar-refractivity contribution >= 4 is 27.3 Å². The molecular weight excluding hydrogens is 352 g/mol. The number of fused-ring (bicyclic) bond motifs is 1. The second kappa shape index (κ2) is 6.66. The molecule has 0 saturated carbocycles. The van der Waals surface area contributed by atoms with Crippen LogP contribution in [0.4, 0.5) is 5.69 Å². The van der Waals surface area contributed by atoms with Crippen LogP contribution >= 0.6 is 0 Å². The number of anilines is 1. The van der Waals surface area contributed by atoms with Gasteiger partial charge in [0.15, 0.2) is 11.6 Å². The largest absolute Gasteiger partial charge is 0.377 e. The number of ketones is 2. The van der Waals surface area contributed by atoms with Crippen LogP contribution < -0.4 is 10.5 Å². The van der Waals surface area contributed by atoms with Gasteiger partial charge in [-0.05, 0) is 23.8 Å². The molecule has 2 aromatic rings. The lowest BCUT2D eigenvalue weighted by Gasteiger charge is -2.27. The Bertz CT molecular complexity index is 979. The molecule has 136 valence electrons. The SMILES string of the molecule is CC(C)C(=O)c1ccc(C2CC(=O)c3cc(S(N)(=O)=O)ccc3N2)cc1. The highest BCUT2D eigenvalue weighted by atomic mass is 32.2. The molecule has 7 heteroatoms. The summed E-state index contributed by atoms with van der Waals surface area (Å²) in [6.45, 7) is 3.70. The van der Waals surface area contributed by atoms with Gasteiger partial charge in [0.25, 0.3) is 0 Å². The highest BCUT2D eigenvalue weighted by Crippen LogP contribution is 2.33. The summed E-state index contributed by atoms with van der Waals surface area (Å²) in [6.07, 6.45) is 0.193. The third-order valence-electron chi connectivity index (χ3n) is 4.46. The van der Waals surface area contributed by atoms with Crippen LogP contribution in [0.15, 0.2) is 47.4 Å². The summed E-state index contributed by atoms with van der Waals surface area (Å²) >= 11 is 0. The zero-order valence-electron chi connectivity index (χ0n) is 14.5. The molecule has 0 fully saturated rings. The fourth-order valence-electron chi connectivity index (χ4n) is 3.01. The Hall–Kier alpha value is -2.51. The minimum Gasteiger partial charge on any atom is -0.377 e. The lowest BCUT2D eigenvalue weighted by Crippen LogP contribution is -2.24. The van der Waals surface area contributed by atoms with E-state index >= 15 is 0 Å². The Morgan fingerprint density at radius 2 is 1.81 bits per heavy atom. The first-order valence-corrected chi connectivity index (χ1v) is 9.82. The van der Waals surface area contributed by atoms with Crippen molar-refractivity contribution in [3.05, 3.63) is 59.2 Å². The Morgan fingerprint density at radius 3 is 2.38 bits per heavy atom. The number of carbonyl (C=O) groups excluding carboxylic acids is 2. The highest BCUT2D eigenvalue weighted by molar-refractivity contribution is 7.89. The molecule has 2 aromatic carbocycles. The number of primary sulfonamides is 1. The van der Waals surface area contributed by atoms with Crippen molar-refractivity contribution < 1.29 is 18.0 Å². The number of nitrogens with one attached hydrogen (secondary N) is 1. The van der Waals surface area contributed by atoms with Gasteiger partial charge in [-0.2, -0.15) is 0 Å². The van der Waals surface area contributed by atoms with Crippen molar-refractivity contribution in [3.63, 3.8) is 0 Å². The summed E-state index contributed by atoms with van der Waals surface area (Å²) in [5, 5.41) is 8.38. The molecule has 1 atom stereocenters. The average molecular weight is 372 g/mol. The van der Waals surface area contributed by atoms with Crippen LogP contribution in [0.1, 0.15) is 52.6 Å². The maximum Gasteiger partial charge on any atom is 0.238 e. The zero-order chi connectivity index (χ0) is 19.1. The molecule has 6 nitrogen and oxygen atoms in total. The van der Waals surface area contributed by atoms with Crippen molar-refractivity contribution in [2.24, 2.45) is 11.1 Å². The van der Waals surface area contributed by atoms with Gasteiger partial charge in [0.1, 0.15) is 0 Å². The van der Waals surface area contributed by atoms with E-state index in [-0.39, 0.29) is 34.8 Å². The molecule has 0 amide bonds. The number of carbonyl (C=O) groups is 2. The summed E-state index contributed by atoms with van der Waals surface area (Å²) in [6, 6.07) is 11.2. The molecule has 1 aliphatic heterocycles. The number of hydrogen-bond donors (Lipinski definition) is 2. The molecular formula is C19H20N2O4S. The van der Waals surface area contributed by atoms with E-state index in [1.807, 2.05) is 26.0 Å².